The lowest BCUT2D eigenvalue weighted by atomic mass is 10.3. The van der Waals surface area contributed by atoms with Crippen molar-refractivity contribution in [3.63, 3.8) is 0 Å². The average Bonchev–Trinajstić information content (AvgIpc) is 2.00. The summed E-state index contributed by atoms with van der Waals surface area (Å²) in [5.41, 5.74) is 0. The maximum absolute atomic E-state index is 10.5. The maximum Gasteiger partial charge on any atom is 0.330 e. The highest BCUT2D eigenvalue weighted by Gasteiger charge is 2.20. The Morgan fingerprint density at radius 1 is 1.82 bits per heavy atom. The van der Waals surface area contributed by atoms with Crippen LogP contribution in [0, 0.1) is 0 Å². The number of hydrogen-bond donors (Lipinski definition) is 1. The summed E-state index contributed by atoms with van der Waals surface area (Å²) in [6, 6.07) is 0. The summed E-state index contributed by atoms with van der Waals surface area (Å²) in [7, 11) is 1.32. The second kappa shape index (κ2) is 4.10. The van der Waals surface area contributed by atoms with Crippen LogP contribution in [0.3, 0.4) is 0 Å². The molecule has 0 rings (SSSR count). The third kappa shape index (κ3) is 4.52. The molecule has 4 heteroatoms. The summed E-state index contributed by atoms with van der Waals surface area (Å²) in [6.07, 6.45) is 1.02. The Kier molecular flexibility index (Phi) is 3.78. The van der Waals surface area contributed by atoms with Gasteiger partial charge in [-0.1, -0.05) is 6.58 Å². The number of carbonyl (C=O) groups excluding carboxylic acids is 1. The highest BCUT2D eigenvalue weighted by molar-refractivity contribution is 5.81. The number of methoxy groups -OCH3 is 1. The van der Waals surface area contributed by atoms with Gasteiger partial charge >= 0.3 is 5.97 Å². The molecule has 1 N–H and O–H groups in total. The van der Waals surface area contributed by atoms with Crippen LogP contribution in [0.25, 0.3) is 0 Å². The molecule has 0 amide bonds. The van der Waals surface area contributed by atoms with Gasteiger partial charge in [0, 0.05) is 13.2 Å². The summed E-state index contributed by atoms with van der Waals surface area (Å²) in [5.74, 6) is -2.00. The molecule has 64 valence electrons. The molecule has 0 aliphatic rings. The fourth-order valence-corrected chi connectivity index (χ4v) is 0.323. The van der Waals surface area contributed by atoms with E-state index in [0.29, 0.717) is 0 Å². The fourth-order valence-electron chi connectivity index (χ4n) is 0.323. The molecule has 0 aromatic rings. The summed E-state index contributed by atoms with van der Waals surface area (Å²) in [4.78, 5) is 10.5. The van der Waals surface area contributed by atoms with E-state index in [9.17, 15) is 4.79 Å². The van der Waals surface area contributed by atoms with E-state index in [0.717, 1.165) is 6.08 Å². The lowest BCUT2D eigenvalue weighted by molar-refractivity contribution is -0.205. The number of ether oxygens (including phenoxy) is 2. The Labute approximate surface area is 65.4 Å². The van der Waals surface area contributed by atoms with E-state index in [-0.39, 0.29) is 6.61 Å². The molecule has 0 saturated carbocycles. The van der Waals surface area contributed by atoms with Crippen molar-refractivity contribution in [3.05, 3.63) is 12.7 Å². The number of hydrogen-bond acceptors (Lipinski definition) is 4. The minimum atomic E-state index is -1.42. The van der Waals surface area contributed by atoms with Crippen molar-refractivity contribution in [1.29, 1.82) is 0 Å². The van der Waals surface area contributed by atoms with Crippen LogP contribution >= 0.6 is 0 Å². The molecule has 0 bridgehead atoms. The predicted molar refractivity (Wildman–Crippen MR) is 38.8 cm³/mol. The van der Waals surface area contributed by atoms with Crippen LogP contribution in [0.5, 0.6) is 0 Å². The summed E-state index contributed by atoms with van der Waals surface area (Å²) in [5, 5.41) is 9.13. The van der Waals surface area contributed by atoms with Gasteiger partial charge < -0.3 is 14.6 Å². The molecule has 0 aromatic carbocycles. The topological polar surface area (TPSA) is 55.8 Å². The normalized spacial score (nSPS) is 15.2. The predicted octanol–water partition coefficient (Wildman–Crippen LogP) is 0.0705. The van der Waals surface area contributed by atoms with E-state index in [1.54, 1.807) is 0 Å². The van der Waals surface area contributed by atoms with Crippen molar-refractivity contribution >= 4 is 5.97 Å². The lowest BCUT2D eigenvalue weighted by Crippen LogP contribution is -2.33. The van der Waals surface area contributed by atoms with Crippen LogP contribution in [0.4, 0.5) is 0 Å². The van der Waals surface area contributed by atoms with Gasteiger partial charge in [-0.3, -0.25) is 0 Å². The van der Waals surface area contributed by atoms with E-state index in [4.69, 9.17) is 5.11 Å². The van der Waals surface area contributed by atoms with E-state index in [1.807, 2.05) is 0 Å². The van der Waals surface area contributed by atoms with Crippen molar-refractivity contribution in [2.75, 3.05) is 13.7 Å². The zero-order chi connectivity index (χ0) is 8.91. The first kappa shape index (κ1) is 10.1. The second-order valence-electron chi connectivity index (χ2n) is 2.19. The van der Waals surface area contributed by atoms with Gasteiger partial charge in [-0.15, -0.1) is 0 Å². The molecule has 11 heavy (non-hydrogen) atoms. The van der Waals surface area contributed by atoms with Gasteiger partial charge in [0.05, 0.1) is 0 Å². The first-order chi connectivity index (χ1) is 5.02. The molecule has 0 aliphatic heterocycles. The smallest absolute Gasteiger partial charge is 0.330 e. The Morgan fingerprint density at radius 3 is 2.73 bits per heavy atom. The largest absolute Gasteiger partial charge is 0.457 e. The highest BCUT2D eigenvalue weighted by atomic mass is 16.6. The first-order valence-corrected chi connectivity index (χ1v) is 3.08. The lowest BCUT2D eigenvalue weighted by Gasteiger charge is -2.19. The fraction of sp³-hybridized carbons (Fsp3) is 0.571. The quantitative estimate of drug-likeness (QED) is 0.359. The van der Waals surface area contributed by atoms with E-state index in [2.05, 4.69) is 16.1 Å². The van der Waals surface area contributed by atoms with Gasteiger partial charge in [0.25, 0.3) is 0 Å². The second-order valence-corrected chi connectivity index (χ2v) is 2.19. The molecule has 0 fully saturated rings. The van der Waals surface area contributed by atoms with Crippen LogP contribution in [-0.2, 0) is 14.3 Å². The molecule has 0 saturated heterocycles. The summed E-state index contributed by atoms with van der Waals surface area (Å²) in [6.45, 7) is 4.38. The van der Waals surface area contributed by atoms with Crippen molar-refractivity contribution in [3.8, 4) is 0 Å². The Bertz CT molecular complexity index is 151. The third-order valence-corrected chi connectivity index (χ3v) is 1.09. The molecular formula is C7H12O4. The molecule has 0 aromatic heterocycles. The standard InChI is InChI=1S/C7H12O4/c1-4-6(8)11-5-7(2,9)10-3/h4,9H,1,5H2,2-3H3. The van der Waals surface area contributed by atoms with Crippen molar-refractivity contribution in [2.24, 2.45) is 0 Å². The first-order valence-electron chi connectivity index (χ1n) is 3.08. The summed E-state index contributed by atoms with van der Waals surface area (Å²) < 4.78 is 9.09. The number of rotatable bonds is 4. The van der Waals surface area contributed by atoms with Crippen LogP contribution in [0.15, 0.2) is 12.7 Å². The van der Waals surface area contributed by atoms with Gasteiger partial charge in [-0.05, 0) is 6.92 Å². The minimum absolute atomic E-state index is 0.200. The highest BCUT2D eigenvalue weighted by Crippen LogP contribution is 2.03. The molecule has 4 nitrogen and oxygen atoms in total. The van der Waals surface area contributed by atoms with Crippen LogP contribution in [-0.4, -0.2) is 30.6 Å². The Balaban J connectivity index is 3.69. The SMILES string of the molecule is C=CC(=O)OCC(C)(O)OC. The molecule has 0 heterocycles. The molecule has 0 radical (unpaired) electrons. The van der Waals surface area contributed by atoms with Gasteiger partial charge in [0.2, 0.25) is 0 Å². The van der Waals surface area contributed by atoms with E-state index >= 15 is 0 Å². The molecule has 1 atom stereocenters. The molecule has 1 unspecified atom stereocenters. The zero-order valence-corrected chi connectivity index (χ0v) is 6.66. The van der Waals surface area contributed by atoms with Crippen LogP contribution in [0.1, 0.15) is 6.92 Å². The average molecular weight is 160 g/mol. The monoisotopic (exact) mass is 160 g/mol. The van der Waals surface area contributed by atoms with Gasteiger partial charge in [-0.2, -0.15) is 0 Å². The van der Waals surface area contributed by atoms with Crippen molar-refractivity contribution in [2.45, 2.75) is 12.7 Å². The van der Waals surface area contributed by atoms with E-state index < -0.39 is 11.8 Å². The van der Waals surface area contributed by atoms with Crippen molar-refractivity contribution in [1.82, 2.24) is 0 Å². The molecule has 0 spiro atoms. The Morgan fingerprint density at radius 2 is 2.36 bits per heavy atom. The third-order valence-electron chi connectivity index (χ3n) is 1.09. The Hall–Kier alpha value is -0.870. The summed E-state index contributed by atoms with van der Waals surface area (Å²) >= 11 is 0. The maximum atomic E-state index is 10.5. The minimum Gasteiger partial charge on any atom is -0.457 e. The van der Waals surface area contributed by atoms with Gasteiger partial charge in [0.1, 0.15) is 6.61 Å². The van der Waals surface area contributed by atoms with Gasteiger partial charge in [-0.25, -0.2) is 4.79 Å². The molecule has 0 aliphatic carbocycles. The van der Waals surface area contributed by atoms with Gasteiger partial charge in [0.15, 0.2) is 5.79 Å². The van der Waals surface area contributed by atoms with Crippen LogP contribution in [0.2, 0.25) is 0 Å². The van der Waals surface area contributed by atoms with Crippen LogP contribution < -0.4 is 0 Å². The van der Waals surface area contributed by atoms with Crippen molar-refractivity contribution < 1.29 is 19.4 Å². The molecular weight excluding hydrogens is 148 g/mol. The number of aliphatic hydroxyl groups is 1. The number of esters is 1. The number of carbonyl (C=O) groups is 1. The van der Waals surface area contributed by atoms with E-state index in [1.165, 1.54) is 14.0 Å². The zero-order valence-electron chi connectivity index (χ0n) is 6.66.